The van der Waals surface area contributed by atoms with Gasteiger partial charge in [0.2, 0.25) is 0 Å². The largest absolute Gasteiger partial charge is 0.505 e. The molecule has 0 aliphatic carbocycles. The number of benzene rings is 1. The van der Waals surface area contributed by atoms with Crippen molar-refractivity contribution in [3.63, 3.8) is 0 Å². The molecular formula is C14H12FNO3. The maximum absolute atomic E-state index is 12.8. The molecule has 0 spiro atoms. The second kappa shape index (κ2) is 5.06. The number of rotatable bonds is 3. The Morgan fingerprint density at radius 3 is 2.53 bits per heavy atom. The van der Waals surface area contributed by atoms with Gasteiger partial charge < -0.3 is 10.2 Å². The van der Waals surface area contributed by atoms with Crippen LogP contribution in [0.1, 0.15) is 27.3 Å². The van der Waals surface area contributed by atoms with Crippen LogP contribution in [-0.4, -0.2) is 21.2 Å². The van der Waals surface area contributed by atoms with E-state index in [2.05, 4.69) is 4.98 Å². The number of aryl methyl sites for hydroxylation is 1. The lowest BCUT2D eigenvalue weighted by atomic mass is 10.0. The molecule has 0 radical (unpaired) electrons. The first kappa shape index (κ1) is 13.0. The van der Waals surface area contributed by atoms with Gasteiger partial charge in [0.25, 0.3) is 0 Å². The van der Waals surface area contributed by atoms with Crippen molar-refractivity contribution < 1.29 is 19.4 Å². The molecule has 2 N–H and O–H groups in total. The molecule has 0 bridgehead atoms. The van der Waals surface area contributed by atoms with Crippen LogP contribution in [0.15, 0.2) is 30.3 Å². The van der Waals surface area contributed by atoms with Gasteiger partial charge in [0.1, 0.15) is 5.82 Å². The van der Waals surface area contributed by atoms with Crippen LogP contribution < -0.4 is 0 Å². The van der Waals surface area contributed by atoms with Gasteiger partial charge in [0.15, 0.2) is 11.4 Å². The highest BCUT2D eigenvalue weighted by Crippen LogP contribution is 2.24. The molecule has 1 heterocycles. The summed E-state index contributed by atoms with van der Waals surface area (Å²) in [4.78, 5) is 14.7. The molecule has 5 heteroatoms. The topological polar surface area (TPSA) is 70.4 Å². The second-order valence-electron chi connectivity index (χ2n) is 4.23. The predicted molar refractivity (Wildman–Crippen MR) is 66.8 cm³/mol. The molecule has 19 heavy (non-hydrogen) atoms. The smallest absolute Gasteiger partial charge is 0.358 e. The summed E-state index contributed by atoms with van der Waals surface area (Å²) >= 11 is 0. The molecular weight excluding hydrogens is 249 g/mol. The summed E-state index contributed by atoms with van der Waals surface area (Å²) in [5, 5.41) is 18.8. The van der Waals surface area contributed by atoms with Crippen LogP contribution in [0.4, 0.5) is 4.39 Å². The first-order valence-corrected chi connectivity index (χ1v) is 5.64. The number of carboxylic acids is 1. The minimum Gasteiger partial charge on any atom is -0.505 e. The zero-order valence-corrected chi connectivity index (χ0v) is 10.2. The van der Waals surface area contributed by atoms with E-state index >= 15 is 0 Å². The maximum Gasteiger partial charge on any atom is 0.358 e. The van der Waals surface area contributed by atoms with E-state index < -0.39 is 5.97 Å². The van der Waals surface area contributed by atoms with Gasteiger partial charge in [-0.2, -0.15) is 0 Å². The van der Waals surface area contributed by atoms with Crippen molar-refractivity contribution in [2.45, 2.75) is 13.3 Å². The summed E-state index contributed by atoms with van der Waals surface area (Å²) in [5.74, 6) is -1.96. The van der Waals surface area contributed by atoms with E-state index in [1.165, 1.54) is 12.1 Å². The SMILES string of the molecule is Cc1cc(Cc2ccc(F)cc2)c(O)c(C(=O)O)n1. The standard InChI is InChI=1S/C14H12FNO3/c1-8-6-10(13(17)12(16-8)14(18)19)7-9-2-4-11(15)5-3-9/h2-6,17H,7H2,1H3,(H,18,19). The Labute approximate surface area is 109 Å². The highest BCUT2D eigenvalue weighted by Gasteiger charge is 2.16. The maximum atomic E-state index is 12.8. The molecule has 2 rings (SSSR count). The van der Waals surface area contributed by atoms with Gasteiger partial charge in [-0.3, -0.25) is 0 Å². The van der Waals surface area contributed by atoms with Crippen molar-refractivity contribution >= 4 is 5.97 Å². The van der Waals surface area contributed by atoms with Crippen LogP contribution in [0.2, 0.25) is 0 Å². The number of aromatic hydroxyl groups is 1. The van der Waals surface area contributed by atoms with Crippen LogP contribution in [0.5, 0.6) is 5.75 Å². The Balaban J connectivity index is 2.39. The fourth-order valence-corrected chi connectivity index (χ4v) is 1.84. The van der Waals surface area contributed by atoms with E-state index in [4.69, 9.17) is 5.11 Å². The van der Waals surface area contributed by atoms with Gasteiger partial charge >= 0.3 is 5.97 Å². The summed E-state index contributed by atoms with van der Waals surface area (Å²) in [6, 6.07) is 7.43. The summed E-state index contributed by atoms with van der Waals surface area (Å²) in [6.07, 6.45) is 0.315. The van der Waals surface area contributed by atoms with Crippen molar-refractivity contribution in [1.82, 2.24) is 4.98 Å². The fraction of sp³-hybridized carbons (Fsp3) is 0.143. The zero-order chi connectivity index (χ0) is 14.0. The van der Waals surface area contributed by atoms with Gasteiger partial charge in [-0.1, -0.05) is 12.1 Å². The number of hydrogen-bond acceptors (Lipinski definition) is 3. The van der Waals surface area contributed by atoms with Crippen molar-refractivity contribution in [2.75, 3.05) is 0 Å². The van der Waals surface area contributed by atoms with E-state index in [9.17, 15) is 14.3 Å². The molecule has 0 fully saturated rings. The van der Waals surface area contributed by atoms with Gasteiger partial charge in [-0.25, -0.2) is 14.2 Å². The molecule has 0 atom stereocenters. The molecule has 1 aromatic heterocycles. The van der Waals surface area contributed by atoms with Crippen LogP contribution in [0.3, 0.4) is 0 Å². The Morgan fingerprint density at radius 1 is 1.32 bits per heavy atom. The van der Waals surface area contributed by atoms with Crippen molar-refractivity contribution in [3.05, 3.63) is 58.7 Å². The van der Waals surface area contributed by atoms with E-state index in [0.29, 0.717) is 17.7 Å². The molecule has 4 nitrogen and oxygen atoms in total. The predicted octanol–water partition coefficient (Wildman–Crippen LogP) is 2.52. The van der Waals surface area contributed by atoms with E-state index in [1.54, 1.807) is 25.1 Å². The molecule has 98 valence electrons. The molecule has 0 aliphatic heterocycles. The Morgan fingerprint density at radius 2 is 1.95 bits per heavy atom. The Hall–Kier alpha value is -2.43. The first-order valence-electron chi connectivity index (χ1n) is 5.64. The number of aromatic nitrogens is 1. The van der Waals surface area contributed by atoms with Crippen LogP contribution in [0.25, 0.3) is 0 Å². The summed E-state index contributed by atoms with van der Waals surface area (Å²) in [7, 11) is 0. The van der Waals surface area contributed by atoms with Crippen LogP contribution in [0, 0.1) is 12.7 Å². The summed E-state index contributed by atoms with van der Waals surface area (Å²) in [5.41, 5.74) is 1.37. The first-order chi connectivity index (χ1) is 8.97. The Bertz CT molecular complexity index is 623. The lowest BCUT2D eigenvalue weighted by Crippen LogP contribution is -2.05. The zero-order valence-electron chi connectivity index (χ0n) is 10.2. The third kappa shape index (κ3) is 2.88. The number of hydrogen-bond donors (Lipinski definition) is 2. The molecule has 0 unspecified atom stereocenters. The number of carbonyl (C=O) groups is 1. The molecule has 0 saturated carbocycles. The van der Waals surface area contributed by atoms with E-state index in [-0.39, 0.29) is 17.3 Å². The number of nitrogens with zero attached hydrogens (tertiary/aromatic N) is 1. The fourth-order valence-electron chi connectivity index (χ4n) is 1.84. The van der Waals surface area contributed by atoms with Crippen LogP contribution >= 0.6 is 0 Å². The molecule has 0 aliphatic rings. The highest BCUT2D eigenvalue weighted by molar-refractivity contribution is 5.89. The minimum atomic E-state index is -1.28. The van der Waals surface area contributed by atoms with E-state index in [0.717, 1.165) is 5.56 Å². The number of aromatic carboxylic acids is 1. The molecule has 1 aromatic carbocycles. The normalized spacial score (nSPS) is 10.4. The molecule has 0 saturated heterocycles. The average molecular weight is 261 g/mol. The second-order valence-corrected chi connectivity index (χ2v) is 4.23. The highest BCUT2D eigenvalue weighted by atomic mass is 19.1. The molecule has 2 aromatic rings. The summed E-state index contributed by atoms with van der Waals surface area (Å²) in [6.45, 7) is 1.65. The summed E-state index contributed by atoms with van der Waals surface area (Å²) < 4.78 is 12.8. The third-order valence-corrected chi connectivity index (χ3v) is 2.71. The average Bonchev–Trinajstić information content (AvgIpc) is 2.35. The van der Waals surface area contributed by atoms with Gasteiger partial charge in [0, 0.05) is 17.7 Å². The van der Waals surface area contributed by atoms with Gasteiger partial charge in [-0.15, -0.1) is 0 Å². The minimum absolute atomic E-state index is 0.315. The van der Waals surface area contributed by atoms with E-state index in [1.807, 2.05) is 0 Å². The van der Waals surface area contributed by atoms with Crippen LogP contribution in [-0.2, 0) is 6.42 Å². The lowest BCUT2D eigenvalue weighted by Gasteiger charge is -2.08. The number of carboxylic acid groups (broad SMARTS) is 1. The Kier molecular flexibility index (Phi) is 3.46. The molecule has 0 amide bonds. The monoisotopic (exact) mass is 261 g/mol. The number of halogens is 1. The lowest BCUT2D eigenvalue weighted by molar-refractivity contribution is 0.0686. The number of pyridine rings is 1. The van der Waals surface area contributed by atoms with Crippen molar-refractivity contribution in [2.24, 2.45) is 0 Å². The van der Waals surface area contributed by atoms with Gasteiger partial charge in [-0.05, 0) is 30.7 Å². The third-order valence-electron chi connectivity index (χ3n) is 2.71. The van der Waals surface area contributed by atoms with Crippen molar-refractivity contribution in [1.29, 1.82) is 0 Å². The van der Waals surface area contributed by atoms with Crippen molar-refractivity contribution in [3.8, 4) is 5.75 Å². The quantitative estimate of drug-likeness (QED) is 0.890. The van der Waals surface area contributed by atoms with Gasteiger partial charge in [0.05, 0.1) is 0 Å².